The van der Waals surface area contributed by atoms with Crippen LogP contribution < -0.4 is 10.6 Å². The topological polar surface area (TPSA) is 128 Å². The predicted octanol–water partition coefficient (Wildman–Crippen LogP) is 3.11. The van der Waals surface area contributed by atoms with Crippen LogP contribution in [0.15, 0.2) is 42.5 Å². The molecule has 0 unspecified atom stereocenters. The molecule has 0 atom stereocenters. The molecule has 0 saturated heterocycles. The van der Waals surface area contributed by atoms with Gasteiger partial charge in [0, 0.05) is 29.9 Å². The first-order chi connectivity index (χ1) is 13.7. The standard InChI is InChI=1S/C20H21N3O6/c1-13-3-8-17(14(2)11-13)22-19(25)12-29-20(26)10-9-18(24)21-15-4-6-16(7-5-15)23(27)28/h3-8,11H,9-10,12H2,1-2H3,(H,21,24)(H,22,25). The lowest BCUT2D eigenvalue weighted by Crippen LogP contribution is -2.22. The summed E-state index contributed by atoms with van der Waals surface area (Å²) < 4.78 is 4.88. The monoisotopic (exact) mass is 399 g/mol. The number of hydrogen-bond donors (Lipinski definition) is 2. The Morgan fingerprint density at radius 2 is 1.66 bits per heavy atom. The number of carbonyl (C=O) groups excluding carboxylic acids is 3. The van der Waals surface area contributed by atoms with E-state index in [0.29, 0.717) is 11.4 Å². The lowest BCUT2D eigenvalue weighted by Gasteiger charge is -2.09. The van der Waals surface area contributed by atoms with Crippen LogP contribution in [0.1, 0.15) is 24.0 Å². The smallest absolute Gasteiger partial charge is 0.306 e. The number of nitro benzene ring substituents is 1. The molecule has 29 heavy (non-hydrogen) atoms. The van der Waals surface area contributed by atoms with Gasteiger partial charge < -0.3 is 15.4 Å². The first-order valence-corrected chi connectivity index (χ1v) is 8.81. The molecule has 0 spiro atoms. The summed E-state index contributed by atoms with van der Waals surface area (Å²) >= 11 is 0. The van der Waals surface area contributed by atoms with Crippen molar-refractivity contribution in [3.8, 4) is 0 Å². The van der Waals surface area contributed by atoms with Gasteiger partial charge in [-0.3, -0.25) is 24.5 Å². The van der Waals surface area contributed by atoms with E-state index in [9.17, 15) is 24.5 Å². The van der Waals surface area contributed by atoms with E-state index in [0.717, 1.165) is 11.1 Å². The van der Waals surface area contributed by atoms with Crippen LogP contribution in [-0.4, -0.2) is 29.3 Å². The minimum atomic E-state index is -0.681. The Bertz CT molecular complexity index is 924. The molecule has 0 aliphatic carbocycles. The fourth-order valence-corrected chi connectivity index (χ4v) is 2.46. The van der Waals surface area contributed by atoms with Crippen LogP contribution >= 0.6 is 0 Å². The summed E-state index contributed by atoms with van der Waals surface area (Å²) in [5.41, 5.74) is 2.89. The minimum Gasteiger partial charge on any atom is -0.456 e. The quantitative estimate of drug-likeness (QED) is 0.399. The van der Waals surface area contributed by atoms with E-state index in [4.69, 9.17) is 4.74 Å². The van der Waals surface area contributed by atoms with Gasteiger partial charge >= 0.3 is 5.97 Å². The normalized spacial score (nSPS) is 10.1. The van der Waals surface area contributed by atoms with Gasteiger partial charge in [-0.25, -0.2) is 0 Å². The highest BCUT2D eigenvalue weighted by atomic mass is 16.6. The molecule has 0 heterocycles. The molecule has 0 radical (unpaired) electrons. The second-order valence-corrected chi connectivity index (χ2v) is 6.38. The Balaban J connectivity index is 1.71. The van der Waals surface area contributed by atoms with Gasteiger partial charge in [0.15, 0.2) is 6.61 Å². The number of carbonyl (C=O) groups is 3. The SMILES string of the molecule is Cc1ccc(NC(=O)COC(=O)CCC(=O)Nc2ccc([N+](=O)[O-])cc2)c(C)c1. The second-order valence-electron chi connectivity index (χ2n) is 6.38. The van der Waals surface area contributed by atoms with Gasteiger partial charge in [-0.05, 0) is 37.6 Å². The van der Waals surface area contributed by atoms with Crippen LogP contribution in [0, 0.1) is 24.0 Å². The lowest BCUT2D eigenvalue weighted by molar-refractivity contribution is -0.384. The van der Waals surface area contributed by atoms with Crippen LogP contribution in [-0.2, 0) is 19.1 Å². The van der Waals surface area contributed by atoms with Crippen molar-refractivity contribution in [1.82, 2.24) is 0 Å². The third kappa shape index (κ3) is 7.06. The number of non-ortho nitro benzene ring substituents is 1. The van der Waals surface area contributed by atoms with Crippen LogP contribution in [0.25, 0.3) is 0 Å². The molecule has 2 amide bonds. The molecule has 0 fully saturated rings. The van der Waals surface area contributed by atoms with Gasteiger partial charge in [0.2, 0.25) is 5.91 Å². The fraction of sp³-hybridized carbons (Fsp3) is 0.250. The van der Waals surface area contributed by atoms with E-state index >= 15 is 0 Å². The maximum Gasteiger partial charge on any atom is 0.306 e. The Morgan fingerprint density at radius 3 is 2.28 bits per heavy atom. The van der Waals surface area contributed by atoms with E-state index in [2.05, 4.69) is 10.6 Å². The van der Waals surface area contributed by atoms with Crippen LogP contribution in [0.2, 0.25) is 0 Å². The maximum atomic E-state index is 11.9. The van der Waals surface area contributed by atoms with Crippen molar-refractivity contribution in [2.24, 2.45) is 0 Å². The highest BCUT2D eigenvalue weighted by Gasteiger charge is 2.12. The first kappa shape index (κ1) is 21.5. The average molecular weight is 399 g/mol. The fourth-order valence-electron chi connectivity index (χ4n) is 2.46. The number of benzene rings is 2. The van der Waals surface area contributed by atoms with Gasteiger partial charge in [0.1, 0.15) is 0 Å². The summed E-state index contributed by atoms with van der Waals surface area (Å²) in [6.07, 6.45) is -0.343. The number of ether oxygens (including phenoxy) is 1. The molecule has 152 valence electrons. The highest BCUT2D eigenvalue weighted by Crippen LogP contribution is 2.16. The number of hydrogen-bond acceptors (Lipinski definition) is 6. The summed E-state index contributed by atoms with van der Waals surface area (Å²) in [6.45, 7) is 3.35. The Kier molecular flexibility index (Phi) is 7.41. The summed E-state index contributed by atoms with van der Waals surface area (Å²) in [5, 5.41) is 15.8. The summed E-state index contributed by atoms with van der Waals surface area (Å²) in [7, 11) is 0. The van der Waals surface area contributed by atoms with Crippen molar-refractivity contribution in [3.05, 3.63) is 63.7 Å². The predicted molar refractivity (Wildman–Crippen MR) is 106 cm³/mol. The van der Waals surface area contributed by atoms with E-state index < -0.39 is 29.3 Å². The van der Waals surface area contributed by atoms with Crippen molar-refractivity contribution in [1.29, 1.82) is 0 Å². The minimum absolute atomic E-state index is 0.0920. The van der Waals surface area contributed by atoms with E-state index in [-0.39, 0.29) is 18.5 Å². The van der Waals surface area contributed by atoms with Crippen molar-refractivity contribution >= 4 is 34.8 Å². The largest absolute Gasteiger partial charge is 0.456 e. The lowest BCUT2D eigenvalue weighted by atomic mass is 10.1. The third-order valence-electron chi connectivity index (χ3n) is 3.94. The number of anilines is 2. The molecule has 2 rings (SSSR count). The highest BCUT2D eigenvalue weighted by molar-refractivity contribution is 5.94. The summed E-state index contributed by atoms with van der Waals surface area (Å²) in [6, 6.07) is 10.9. The first-order valence-electron chi connectivity index (χ1n) is 8.81. The third-order valence-corrected chi connectivity index (χ3v) is 3.94. The Morgan fingerprint density at radius 1 is 0.966 bits per heavy atom. The van der Waals surface area contributed by atoms with E-state index in [1.165, 1.54) is 24.3 Å². The number of nitrogens with zero attached hydrogens (tertiary/aromatic N) is 1. The number of amides is 2. The number of nitro groups is 1. The molecular weight excluding hydrogens is 378 g/mol. The van der Waals surface area contributed by atoms with Gasteiger partial charge in [-0.1, -0.05) is 17.7 Å². The number of rotatable bonds is 8. The Hall–Kier alpha value is -3.75. The zero-order valence-corrected chi connectivity index (χ0v) is 16.1. The second kappa shape index (κ2) is 9.98. The molecule has 0 aliphatic heterocycles. The average Bonchev–Trinajstić information content (AvgIpc) is 2.67. The number of nitrogens with one attached hydrogen (secondary N) is 2. The van der Waals surface area contributed by atoms with Gasteiger partial charge in [-0.15, -0.1) is 0 Å². The van der Waals surface area contributed by atoms with Crippen LogP contribution in [0.5, 0.6) is 0 Å². The van der Waals surface area contributed by atoms with E-state index in [1.54, 1.807) is 6.07 Å². The Labute approximate surface area is 167 Å². The van der Waals surface area contributed by atoms with Crippen molar-refractivity contribution < 1.29 is 24.0 Å². The van der Waals surface area contributed by atoms with E-state index in [1.807, 2.05) is 26.0 Å². The molecule has 2 aromatic rings. The van der Waals surface area contributed by atoms with Crippen LogP contribution in [0.3, 0.4) is 0 Å². The van der Waals surface area contributed by atoms with Gasteiger partial charge in [-0.2, -0.15) is 0 Å². The summed E-state index contributed by atoms with van der Waals surface area (Å²) in [4.78, 5) is 45.5. The zero-order valence-electron chi connectivity index (χ0n) is 16.1. The van der Waals surface area contributed by atoms with Gasteiger partial charge in [0.05, 0.1) is 11.3 Å². The molecule has 2 aromatic carbocycles. The van der Waals surface area contributed by atoms with Crippen molar-refractivity contribution in [3.63, 3.8) is 0 Å². The molecule has 0 aliphatic rings. The number of aryl methyl sites for hydroxylation is 2. The van der Waals surface area contributed by atoms with Crippen LogP contribution in [0.4, 0.5) is 17.1 Å². The molecule has 0 saturated carbocycles. The van der Waals surface area contributed by atoms with Gasteiger partial charge in [0.25, 0.3) is 11.6 Å². The summed E-state index contributed by atoms with van der Waals surface area (Å²) in [5.74, 6) is -1.60. The molecule has 0 aromatic heterocycles. The molecular formula is C20H21N3O6. The zero-order chi connectivity index (χ0) is 21.4. The maximum absolute atomic E-state index is 11.9. The molecule has 9 heteroatoms. The molecule has 2 N–H and O–H groups in total. The molecule has 0 bridgehead atoms. The van der Waals surface area contributed by atoms with Crippen molar-refractivity contribution in [2.45, 2.75) is 26.7 Å². The van der Waals surface area contributed by atoms with Crippen molar-refractivity contribution in [2.75, 3.05) is 17.2 Å². The molecule has 9 nitrogen and oxygen atoms in total. The number of esters is 1.